The molecule has 4 heteroatoms. The lowest BCUT2D eigenvalue weighted by Gasteiger charge is -2.32. The van der Waals surface area contributed by atoms with Crippen molar-refractivity contribution >= 4 is 5.69 Å². The molecule has 0 aliphatic heterocycles. The zero-order valence-electron chi connectivity index (χ0n) is 68.4. The van der Waals surface area contributed by atoms with Crippen LogP contribution in [0.25, 0.3) is 4.85 Å². The number of benzene rings is 5. The highest BCUT2D eigenvalue weighted by Gasteiger charge is 2.35. The third kappa shape index (κ3) is 21.0. The Morgan fingerprint density at radius 2 is 0.469 bits per heavy atom. The minimum Gasteiger partial charge on any atom is -0.238 e. The first-order valence-corrected chi connectivity index (χ1v) is 38.9. The second-order valence-electron chi connectivity index (χ2n) is 31.6. The van der Waals surface area contributed by atoms with Crippen LogP contribution >= 0.6 is 0 Å². The summed E-state index contributed by atoms with van der Waals surface area (Å²) in [4.78, 5) is 3.83. The summed E-state index contributed by atoms with van der Waals surface area (Å²) in [6, 6.07) is 32.2. The van der Waals surface area contributed by atoms with E-state index in [0.29, 0.717) is 21.7 Å². The van der Waals surface area contributed by atoms with E-state index in [4.69, 9.17) is 6.57 Å². The van der Waals surface area contributed by atoms with Crippen molar-refractivity contribution in [2.45, 2.75) is 397 Å². The van der Waals surface area contributed by atoms with Gasteiger partial charge in [0, 0.05) is 5.56 Å². The molecule has 1 nitrogen and oxygen atoms in total. The van der Waals surface area contributed by atoms with Gasteiger partial charge < -0.3 is 0 Å². The first-order valence-electron chi connectivity index (χ1n) is 38.9. The van der Waals surface area contributed by atoms with Crippen LogP contribution < -0.4 is 0 Å². The van der Waals surface area contributed by atoms with E-state index >= 15 is 0 Å². The van der Waals surface area contributed by atoms with Gasteiger partial charge in [-0.25, -0.2) is 18.0 Å². The molecule has 0 N–H and O–H groups in total. The Balaban J connectivity index is 0.000000600. The largest absolute Gasteiger partial charge is 0.238 e. The minimum absolute atomic E-state index is 0.0307. The summed E-state index contributed by atoms with van der Waals surface area (Å²) in [5.41, 5.74) is 15.0. The lowest BCUT2D eigenvalue weighted by molar-refractivity contribution is 0.383. The second-order valence-corrected chi connectivity index (χ2v) is 31.6. The van der Waals surface area contributed by atoms with Crippen molar-refractivity contribution in [1.29, 1.82) is 0 Å². The molecule has 542 valence electrons. The van der Waals surface area contributed by atoms with E-state index in [1.807, 2.05) is 26.8 Å². The molecular formula is C92H148F3N. The van der Waals surface area contributed by atoms with E-state index in [0.717, 1.165) is 99.4 Å². The number of aryl methyl sites for hydroxylation is 1. The summed E-state index contributed by atoms with van der Waals surface area (Å²) < 4.78 is 43.6. The summed E-state index contributed by atoms with van der Waals surface area (Å²) in [5.74, 6) is -0.810. The van der Waals surface area contributed by atoms with Crippen LogP contribution in [0.15, 0.2) is 91.0 Å². The van der Waals surface area contributed by atoms with Crippen LogP contribution in [0.3, 0.4) is 0 Å². The van der Waals surface area contributed by atoms with Crippen molar-refractivity contribution in [3.8, 4) is 0 Å². The molecule has 0 aliphatic rings. The van der Waals surface area contributed by atoms with E-state index < -0.39 is 5.41 Å². The van der Waals surface area contributed by atoms with Gasteiger partial charge in [-0.2, -0.15) is 0 Å². The summed E-state index contributed by atoms with van der Waals surface area (Å²) in [7, 11) is 0. The maximum absolute atomic E-state index is 14.5. The average molecular weight is 1330 g/mol. The van der Waals surface area contributed by atoms with Crippen molar-refractivity contribution in [2.24, 2.45) is 0 Å². The predicted molar refractivity (Wildman–Crippen MR) is 422 cm³/mol. The van der Waals surface area contributed by atoms with Gasteiger partial charge in [-0.15, -0.1) is 0 Å². The van der Waals surface area contributed by atoms with Gasteiger partial charge in [0.2, 0.25) is 0 Å². The van der Waals surface area contributed by atoms with Crippen LogP contribution in [0.4, 0.5) is 18.9 Å². The average Bonchev–Trinajstić information content (AvgIpc) is 0.805. The topological polar surface area (TPSA) is 4.36 Å². The molecular weight excluding hydrogens is 1180 g/mol. The zero-order valence-corrected chi connectivity index (χ0v) is 68.4. The Morgan fingerprint density at radius 1 is 0.250 bits per heavy atom. The van der Waals surface area contributed by atoms with Gasteiger partial charge in [-0.05, 0) is 258 Å². The monoisotopic (exact) mass is 1320 g/mol. The van der Waals surface area contributed by atoms with Crippen molar-refractivity contribution in [1.82, 2.24) is 0 Å². The molecule has 5 aromatic rings. The standard InChI is InChI=1S/C19H29N.C19H32.C18H28F2.C18H29F.C18H30/c1-8-18(5,9-2)15-12-13-16(17(14-15)20-7)19(6,10-3)11-4;1-8-18(6,9-2)16-12-13-17(15(5)14-16)19(7,10-3)11-4;1-7-17(5,8-2)13-11-14(19)16(15(20)12-13)18(6,9-3)10-4;1-7-17(5,8-2)14-11-12-15(16(19)13-14)18(6,9-3)10-4;1-7-17(5,8-2)15-11-13-16(14-12-15)18(6,9-3)10-4/h12-14H,8-11H2,1-6H3;12-14H,8-11H2,1-7H3;11-12H,7-10H2,1-6H3;11-13H,7-10H2,1-6H3;11-14H,7-10H2,1-6H3. The lowest BCUT2D eigenvalue weighted by Crippen LogP contribution is -2.26. The van der Waals surface area contributed by atoms with Crippen molar-refractivity contribution in [2.75, 3.05) is 0 Å². The number of nitrogens with zero attached hydrogens (tertiary/aromatic N) is 1. The van der Waals surface area contributed by atoms with Crippen molar-refractivity contribution in [3.05, 3.63) is 181 Å². The first kappa shape index (κ1) is 89.4. The molecule has 0 bridgehead atoms. The maximum atomic E-state index is 14.5. The number of rotatable bonds is 30. The highest BCUT2D eigenvalue weighted by Crippen LogP contribution is 2.44. The number of hydrogen-bond acceptors (Lipinski definition) is 0. The summed E-state index contributed by atoms with van der Waals surface area (Å²) >= 11 is 0. The first-order chi connectivity index (χ1) is 44.9. The van der Waals surface area contributed by atoms with E-state index in [2.05, 4.69) is 265 Å². The molecule has 0 unspecified atom stereocenters. The molecule has 0 spiro atoms. The molecule has 96 heavy (non-hydrogen) atoms. The van der Waals surface area contributed by atoms with Gasteiger partial charge in [0.1, 0.15) is 17.5 Å². The third-order valence-corrected chi connectivity index (χ3v) is 27.6. The Bertz CT molecular complexity index is 2940. The zero-order chi connectivity index (χ0) is 74.1. The summed E-state index contributed by atoms with van der Waals surface area (Å²) in [6.45, 7) is 76.3. The molecule has 0 aliphatic carbocycles. The highest BCUT2D eigenvalue weighted by molar-refractivity contribution is 5.58. The highest BCUT2D eigenvalue weighted by atomic mass is 19.1. The Labute approximate surface area is 593 Å². The van der Waals surface area contributed by atoms with Gasteiger partial charge >= 0.3 is 0 Å². The molecule has 5 rings (SSSR count). The Kier molecular flexibility index (Phi) is 36.1. The predicted octanol–water partition coefficient (Wildman–Crippen LogP) is 30.5. The van der Waals surface area contributed by atoms with Crippen LogP contribution in [0.2, 0.25) is 0 Å². The molecule has 0 heterocycles. The molecule has 0 saturated carbocycles. The molecule has 0 aromatic heterocycles. The fraction of sp³-hybridized carbons (Fsp3) is 0.663. The molecule has 0 atom stereocenters. The lowest BCUT2D eigenvalue weighted by atomic mass is 9.72. The fourth-order valence-corrected chi connectivity index (χ4v) is 13.8. The van der Waals surface area contributed by atoms with Crippen LogP contribution in [-0.4, -0.2) is 0 Å². The van der Waals surface area contributed by atoms with Crippen LogP contribution in [0, 0.1) is 30.9 Å². The Morgan fingerprint density at radius 3 is 0.750 bits per heavy atom. The van der Waals surface area contributed by atoms with Crippen LogP contribution in [0.5, 0.6) is 0 Å². The van der Waals surface area contributed by atoms with E-state index in [1.165, 1.54) is 90.3 Å². The molecule has 0 saturated heterocycles. The minimum atomic E-state index is -0.429. The molecule has 0 radical (unpaired) electrons. The molecule has 0 amide bonds. The number of hydrogen-bond donors (Lipinski definition) is 0. The third-order valence-electron chi connectivity index (χ3n) is 27.6. The normalized spacial score (nSPS) is 12.7. The number of halogens is 3. The van der Waals surface area contributed by atoms with Gasteiger partial charge in [-0.1, -0.05) is 286 Å². The van der Waals surface area contributed by atoms with Gasteiger partial charge in [0.25, 0.3) is 0 Å². The second kappa shape index (κ2) is 38.8. The fourth-order valence-electron chi connectivity index (χ4n) is 13.8. The van der Waals surface area contributed by atoms with Crippen LogP contribution in [-0.2, 0) is 54.1 Å². The molecule has 0 fully saturated rings. The Hall–Kier alpha value is -4.62. The quantitative estimate of drug-likeness (QED) is 0.0404. The smallest absolute Gasteiger partial charge is 0.191 e. The SMILES string of the molecule is CCC(C)(CC)c1cc(F)c(C(C)(CC)CC)c(F)c1.CCC(C)(CC)c1ccc(C(C)(CC)CC)c(C)c1.CCC(C)(CC)c1ccc(C(C)(CC)CC)c(F)c1.CCC(C)(CC)c1ccc(C(C)(CC)CC)cc1.[C-]#[N+]c1cc(C(C)(CC)CC)ccc1C(C)(CC)CC. The van der Waals surface area contributed by atoms with Gasteiger partial charge in [-0.3, -0.25) is 0 Å². The van der Waals surface area contributed by atoms with Crippen molar-refractivity contribution in [3.63, 3.8) is 0 Å². The summed E-state index contributed by atoms with van der Waals surface area (Å²) in [6.07, 6.45) is 21.3. The van der Waals surface area contributed by atoms with Crippen molar-refractivity contribution < 1.29 is 13.2 Å². The van der Waals surface area contributed by atoms with E-state index in [1.54, 1.807) is 18.2 Å². The maximum Gasteiger partial charge on any atom is 0.191 e. The van der Waals surface area contributed by atoms with Crippen LogP contribution in [0.1, 0.15) is 397 Å². The van der Waals surface area contributed by atoms with Gasteiger partial charge in [0.15, 0.2) is 5.69 Å². The van der Waals surface area contributed by atoms with E-state index in [9.17, 15) is 13.2 Å². The van der Waals surface area contributed by atoms with Gasteiger partial charge in [0.05, 0.1) is 6.57 Å². The molecule has 5 aromatic carbocycles. The summed E-state index contributed by atoms with van der Waals surface area (Å²) in [5, 5.41) is 0. The van der Waals surface area contributed by atoms with E-state index in [-0.39, 0.29) is 50.1 Å².